The lowest BCUT2D eigenvalue weighted by molar-refractivity contribution is -0.282. The number of Topliss-reactive ketones (excluding diaryl/α,β-unsaturated/α-hetero) is 3. The Kier molecular flexibility index (Phi) is 19.9. The zero-order valence-corrected chi connectivity index (χ0v) is 59.9. The van der Waals surface area contributed by atoms with Crippen LogP contribution in [0.5, 0.6) is 0 Å². The van der Waals surface area contributed by atoms with E-state index in [1.54, 1.807) is 12.2 Å². The van der Waals surface area contributed by atoms with Gasteiger partial charge in [0, 0.05) is 74.6 Å². The third-order valence-electron chi connectivity index (χ3n) is 27.5. The minimum Gasteiger partial charge on any atom is -0.498 e. The summed E-state index contributed by atoms with van der Waals surface area (Å²) in [4.78, 5) is 103. The minimum absolute atomic E-state index is 0. The lowest BCUT2D eigenvalue weighted by Crippen LogP contribution is -2.51. The number of hydrogen-bond acceptors (Lipinski definition) is 16. The zero-order chi connectivity index (χ0) is 69.8. The van der Waals surface area contributed by atoms with Gasteiger partial charge in [-0.25, -0.2) is 0 Å². The molecule has 16 nitrogen and oxygen atoms in total. The summed E-state index contributed by atoms with van der Waals surface area (Å²) in [5, 5.41) is 11.3. The number of methoxy groups -OCH3 is 3. The first kappa shape index (κ1) is 73.0. The summed E-state index contributed by atoms with van der Waals surface area (Å²) in [6.07, 6.45) is 30.3. The van der Waals surface area contributed by atoms with Crippen LogP contribution in [0.15, 0.2) is 115 Å². The number of ether oxygens (including phenoxy) is 7. The van der Waals surface area contributed by atoms with Crippen LogP contribution >= 0.6 is 0 Å². The second-order valence-corrected chi connectivity index (χ2v) is 31.6. The second-order valence-electron chi connectivity index (χ2n) is 31.6. The molecule has 0 bridgehead atoms. The van der Waals surface area contributed by atoms with E-state index in [-0.39, 0.29) is 63.8 Å². The van der Waals surface area contributed by atoms with Crippen LogP contribution in [0.25, 0.3) is 0 Å². The van der Waals surface area contributed by atoms with E-state index < -0.39 is 58.0 Å². The SMILES string of the molecule is C.CCOC(OCC)OCC.CCOC1=CC2=C[C@@H](C(=O)OC)C3=C(CCC45C(=O)CC[C@]4(C)CC=C35)C2(C)CC1.COC(=O)[C@@H]1CC2=CC(=O)CCC2(C)C2=C1C1=CC[C@@]3(C)CCC(=O)C13CC2.COC(=O)[C@H]1C2=C(CCC34C(=O)CC[C@]3(C)CC=C24)C2(C)CCC(=O)C=C2C1O. The van der Waals surface area contributed by atoms with Crippen LogP contribution in [-0.2, 0) is 71.5 Å². The van der Waals surface area contributed by atoms with Gasteiger partial charge in [-0.15, -0.1) is 0 Å². The molecule has 0 aromatic carbocycles. The van der Waals surface area contributed by atoms with E-state index in [0.29, 0.717) is 88.5 Å². The number of aliphatic hydroxyl groups excluding tert-OH is 1. The summed E-state index contributed by atoms with van der Waals surface area (Å²) < 4.78 is 36.6. The first-order chi connectivity index (χ1) is 46.1. The molecule has 7 unspecified atom stereocenters. The van der Waals surface area contributed by atoms with Gasteiger partial charge in [0.15, 0.2) is 11.6 Å². The summed E-state index contributed by atoms with van der Waals surface area (Å²) in [7, 11) is 4.23. The highest BCUT2D eigenvalue weighted by molar-refractivity contribution is 5.99. The Balaban J connectivity index is 0.000000138. The van der Waals surface area contributed by atoms with Crippen molar-refractivity contribution in [2.45, 2.75) is 231 Å². The third-order valence-corrected chi connectivity index (χ3v) is 27.5. The molecule has 1 N–H and O–H groups in total. The maximum Gasteiger partial charge on any atom is 0.317 e. The lowest BCUT2D eigenvalue weighted by atomic mass is 9.50. The number of fused-ring (bicyclic) bond motifs is 9. The van der Waals surface area contributed by atoms with Gasteiger partial charge in [0.2, 0.25) is 0 Å². The monoisotopic (exact) mass is 1350 g/mol. The van der Waals surface area contributed by atoms with Crippen LogP contribution in [0.2, 0.25) is 0 Å². The van der Waals surface area contributed by atoms with E-state index >= 15 is 0 Å². The number of ketones is 5. The molecule has 0 aromatic heterocycles. The van der Waals surface area contributed by atoms with Gasteiger partial charge in [-0.2, -0.15) is 0 Å². The predicted octanol–water partition coefficient (Wildman–Crippen LogP) is 14.7. The van der Waals surface area contributed by atoms with E-state index in [2.05, 4.69) is 71.9 Å². The van der Waals surface area contributed by atoms with Gasteiger partial charge in [0.25, 0.3) is 6.48 Å². The Hall–Kier alpha value is -6.20. The topological polar surface area (TPSA) is 221 Å². The first-order valence-corrected chi connectivity index (χ1v) is 36.4. The van der Waals surface area contributed by atoms with Crippen molar-refractivity contribution >= 4 is 46.8 Å². The maximum absolute atomic E-state index is 13.3. The molecule has 16 heteroatoms. The Bertz CT molecular complexity index is 3730. The fourth-order valence-electron chi connectivity index (χ4n) is 22.2. The molecular formula is C82H108O16. The van der Waals surface area contributed by atoms with Gasteiger partial charge in [0.1, 0.15) is 29.2 Å². The average molecular weight is 1350 g/mol. The molecule has 0 saturated heterocycles. The molecule has 0 radical (unpaired) electrons. The largest absolute Gasteiger partial charge is 0.498 e. The van der Waals surface area contributed by atoms with Gasteiger partial charge in [0.05, 0.1) is 62.0 Å². The second kappa shape index (κ2) is 26.6. The van der Waals surface area contributed by atoms with E-state index in [1.165, 1.54) is 38.0 Å². The molecule has 15 aliphatic carbocycles. The Morgan fingerprint density at radius 2 is 0.929 bits per heavy atom. The smallest absolute Gasteiger partial charge is 0.317 e. The van der Waals surface area contributed by atoms with Gasteiger partial charge in [-0.1, -0.05) is 95.6 Å². The third kappa shape index (κ3) is 10.6. The molecule has 0 amide bonds. The van der Waals surface area contributed by atoms with Crippen molar-refractivity contribution in [2.75, 3.05) is 47.8 Å². The molecule has 15 rings (SSSR count). The highest BCUT2D eigenvalue weighted by Gasteiger charge is 2.69. The van der Waals surface area contributed by atoms with Crippen LogP contribution in [0.4, 0.5) is 0 Å². The average Bonchev–Trinajstić information content (AvgIpc) is 1.48. The van der Waals surface area contributed by atoms with Crippen LogP contribution in [0, 0.1) is 66.5 Å². The molecule has 532 valence electrons. The molecule has 15 aliphatic rings. The van der Waals surface area contributed by atoms with E-state index in [4.69, 9.17) is 33.2 Å². The van der Waals surface area contributed by atoms with Crippen molar-refractivity contribution in [2.24, 2.45) is 66.5 Å². The fourth-order valence-corrected chi connectivity index (χ4v) is 22.2. The van der Waals surface area contributed by atoms with Crippen LogP contribution in [-0.4, -0.2) is 112 Å². The standard InChI is InChI=1S/C26H32O4.C24H28O5.C24H28O4.C7H16O3.CH4/c1-5-30-17-6-12-25(3)16(14-17)15-18(23(28)29-4)22-19(25)8-13-26-20(22)7-10-24(26,2)11-9-21(26)27;1-22-8-5-15-18-14(6-11-24(15,22)17(26)7-9-22)23(2)10-4-13(25)12-16(23)20(27)19(18)21(28)29-3;1-22-8-5-18-20-16(21(27)28-3)13-14-12-15(25)4-10-23(14,2)17(20)6-11-24(18,22)19(26)7-9-22;1-4-8-7(9-5-2)10-6-3;/h7,14-15,18H,5-6,8-13H2,1-4H3;5,12,19-20,27H,4,6-11H2,1-3H3;5,12,16H,4,6-11,13H2,1-3H3;7H,4-6H2,1-3H3;1H4/t18-,24+,25?,26?;19-,20?,22-,23?,24?;16-,22+,23?,24?;;/m101../s1. The summed E-state index contributed by atoms with van der Waals surface area (Å²) in [6.45, 7) is 23.1. The van der Waals surface area contributed by atoms with Crippen molar-refractivity contribution in [3.63, 3.8) is 0 Å². The molecule has 3 saturated carbocycles. The quantitative estimate of drug-likeness (QED) is 0.115. The normalized spacial score (nSPS) is 37.8. The minimum atomic E-state index is -1.10. The Morgan fingerprint density at radius 3 is 1.41 bits per heavy atom. The zero-order valence-electron chi connectivity index (χ0n) is 59.9. The van der Waals surface area contributed by atoms with Crippen molar-refractivity contribution in [3.05, 3.63) is 115 Å². The van der Waals surface area contributed by atoms with Gasteiger partial charge >= 0.3 is 17.9 Å². The summed E-state index contributed by atoms with van der Waals surface area (Å²) in [5.41, 5.74) is 10.7. The van der Waals surface area contributed by atoms with Gasteiger partial charge in [-0.05, 0) is 209 Å². The van der Waals surface area contributed by atoms with Crippen molar-refractivity contribution in [3.8, 4) is 0 Å². The molecule has 0 heterocycles. The van der Waals surface area contributed by atoms with E-state index in [9.17, 15) is 43.5 Å². The van der Waals surface area contributed by atoms with Gasteiger partial charge in [-0.3, -0.25) is 38.4 Å². The van der Waals surface area contributed by atoms with Crippen LogP contribution in [0.1, 0.15) is 218 Å². The number of carbonyl (C=O) groups is 8. The fraction of sp³-hybridized carbons (Fsp3) is 0.659. The van der Waals surface area contributed by atoms with Crippen molar-refractivity contribution in [1.82, 2.24) is 0 Å². The maximum atomic E-state index is 13.3. The molecule has 3 fully saturated rings. The predicted molar refractivity (Wildman–Crippen MR) is 370 cm³/mol. The first-order valence-electron chi connectivity index (χ1n) is 36.4. The molecular weight excluding hydrogens is 1240 g/mol. The molecule has 13 atom stereocenters. The number of carbonyl (C=O) groups excluding carboxylic acids is 8. The number of rotatable bonds is 11. The van der Waals surface area contributed by atoms with Crippen molar-refractivity contribution in [1.29, 1.82) is 0 Å². The summed E-state index contributed by atoms with van der Waals surface area (Å²) in [5.74, 6) is -0.516. The lowest BCUT2D eigenvalue weighted by Gasteiger charge is -2.53. The van der Waals surface area contributed by atoms with E-state index in [1.807, 2.05) is 27.7 Å². The number of allylic oxidation sites excluding steroid dienone is 15. The Morgan fingerprint density at radius 1 is 0.490 bits per heavy atom. The molecule has 0 aliphatic heterocycles. The van der Waals surface area contributed by atoms with Crippen LogP contribution < -0.4 is 0 Å². The van der Waals surface area contributed by atoms with Crippen LogP contribution in [0.3, 0.4) is 0 Å². The number of esters is 3. The van der Waals surface area contributed by atoms with Crippen molar-refractivity contribution < 1.29 is 76.6 Å². The summed E-state index contributed by atoms with van der Waals surface area (Å²) in [6, 6.07) is 0. The number of hydrogen-bond donors (Lipinski definition) is 1. The summed E-state index contributed by atoms with van der Waals surface area (Å²) >= 11 is 0. The Labute approximate surface area is 580 Å². The highest BCUT2D eigenvalue weighted by atomic mass is 16.8. The highest BCUT2D eigenvalue weighted by Crippen LogP contribution is 2.74. The molecule has 3 spiro atoms. The molecule has 0 aromatic rings. The molecule has 98 heavy (non-hydrogen) atoms. The number of aliphatic hydroxyl groups is 1. The van der Waals surface area contributed by atoms with E-state index in [0.717, 1.165) is 147 Å². The van der Waals surface area contributed by atoms with Gasteiger partial charge < -0.3 is 38.3 Å².